The van der Waals surface area contributed by atoms with E-state index in [-0.39, 0.29) is 40.5 Å². The Balaban J connectivity index is 1.67. The highest BCUT2D eigenvalue weighted by Crippen LogP contribution is 2.43. The van der Waals surface area contributed by atoms with Gasteiger partial charge in [0.15, 0.2) is 11.6 Å². The lowest BCUT2D eigenvalue weighted by Gasteiger charge is -2.38. The summed E-state index contributed by atoms with van der Waals surface area (Å²) in [5.41, 5.74) is -0.0555. The van der Waals surface area contributed by atoms with Crippen LogP contribution in [0.1, 0.15) is 30.5 Å². The number of aryl methyl sites for hydroxylation is 1. The van der Waals surface area contributed by atoms with Gasteiger partial charge in [0.2, 0.25) is 5.95 Å². The fourth-order valence-corrected chi connectivity index (χ4v) is 4.29. The minimum atomic E-state index is -4.75. The quantitative estimate of drug-likeness (QED) is 0.319. The molecule has 0 saturated carbocycles. The molecule has 16 heteroatoms. The van der Waals surface area contributed by atoms with Crippen LogP contribution in [0.3, 0.4) is 0 Å². The van der Waals surface area contributed by atoms with Gasteiger partial charge in [0, 0.05) is 25.0 Å². The second-order valence-corrected chi connectivity index (χ2v) is 8.46. The monoisotopic (exact) mass is 544 g/mol. The summed E-state index contributed by atoms with van der Waals surface area (Å²) < 4.78 is 111. The maximum Gasteiger partial charge on any atom is 0.391 e. The molecule has 1 aliphatic heterocycles. The van der Waals surface area contributed by atoms with E-state index in [1.807, 2.05) is 0 Å². The molecule has 200 valence electrons. The molecule has 38 heavy (non-hydrogen) atoms. The smallest absolute Gasteiger partial charge is 0.344 e. The van der Waals surface area contributed by atoms with E-state index in [4.69, 9.17) is 0 Å². The van der Waals surface area contributed by atoms with Crippen LogP contribution in [-0.4, -0.2) is 53.2 Å². The van der Waals surface area contributed by atoms with Gasteiger partial charge in [0.1, 0.15) is 29.0 Å². The maximum atomic E-state index is 14.5. The lowest BCUT2D eigenvalue weighted by Crippen LogP contribution is -2.40. The Morgan fingerprint density at radius 1 is 0.974 bits per heavy atom. The van der Waals surface area contributed by atoms with Crippen molar-refractivity contribution in [2.75, 3.05) is 11.4 Å². The van der Waals surface area contributed by atoms with Gasteiger partial charge < -0.3 is 4.90 Å². The summed E-state index contributed by atoms with van der Waals surface area (Å²) in [5.74, 6) is -2.31. The molecular formula is C22H16F8N8. The predicted octanol–water partition coefficient (Wildman–Crippen LogP) is 5.26. The van der Waals surface area contributed by atoms with Crippen LogP contribution in [0, 0.1) is 18.6 Å². The Hall–Kier alpha value is -4.11. The normalized spacial score (nSPS) is 15.5. The predicted molar refractivity (Wildman–Crippen MR) is 116 cm³/mol. The zero-order valence-corrected chi connectivity index (χ0v) is 19.3. The van der Waals surface area contributed by atoms with Crippen LogP contribution in [0.2, 0.25) is 0 Å². The molecule has 1 aliphatic rings. The summed E-state index contributed by atoms with van der Waals surface area (Å²) in [7, 11) is 0. The van der Waals surface area contributed by atoms with Gasteiger partial charge in [-0.25, -0.2) is 18.7 Å². The average Bonchev–Trinajstić information content (AvgIpc) is 3.44. The third-order valence-corrected chi connectivity index (χ3v) is 5.86. The van der Waals surface area contributed by atoms with Gasteiger partial charge >= 0.3 is 12.4 Å². The van der Waals surface area contributed by atoms with Gasteiger partial charge in [-0.3, -0.25) is 9.13 Å². The molecule has 0 radical (unpaired) electrons. The average molecular weight is 544 g/mol. The molecule has 5 rings (SSSR count). The summed E-state index contributed by atoms with van der Waals surface area (Å²) in [6.45, 7) is 0.610. The van der Waals surface area contributed by atoms with Crippen molar-refractivity contribution in [2.24, 2.45) is 0 Å². The fourth-order valence-electron chi connectivity index (χ4n) is 4.29. The van der Waals surface area contributed by atoms with Crippen LogP contribution in [0.25, 0.3) is 23.0 Å². The molecule has 0 bridgehead atoms. The Morgan fingerprint density at radius 3 is 2.42 bits per heavy atom. The molecule has 0 spiro atoms. The zero-order chi connectivity index (χ0) is 27.4. The van der Waals surface area contributed by atoms with Crippen molar-refractivity contribution in [2.45, 2.75) is 38.2 Å². The number of hydrogen-bond donors (Lipinski definition) is 0. The topological polar surface area (TPSA) is 77.5 Å². The van der Waals surface area contributed by atoms with Crippen molar-refractivity contribution in [3.8, 4) is 23.0 Å². The summed E-state index contributed by atoms with van der Waals surface area (Å²) >= 11 is 0. The first-order valence-electron chi connectivity index (χ1n) is 11.0. The Kier molecular flexibility index (Phi) is 6.06. The molecule has 0 aliphatic carbocycles. The summed E-state index contributed by atoms with van der Waals surface area (Å²) in [6, 6.07) is 1.11. The molecule has 1 aromatic carbocycles. The van der Waals surface area contributed by atoms with E-state index < -0.39 is 49.4 Å². The molecule has 0 N–H and O–H groups in total. The van der Waals surface area contributed by atoms with Gasteiger partial charge in [-0.05, 0) is 19.1 Å². The molecule has 8 nitrogen and oxygen atoms in total. The van der Waals surface area contributed by atoms with E-state index in [9.17, 15) is 35.1 Å². The molecule has 0 unspecified atom stereocenters. The first-order chi connectivity index (χ1) is 17.8. The first kappa shape index (κ1) is 25.5. The Bertz CT molecular complexity index is 1490. The van der Waals surface area contributed by atoms with Gasteiger partial charge in [-0.2, -0.15) is 31.3 Å². The number of benzene rings is 1. The molecule has 0 saturated heterocycles. The number of nitrogens with zero attached hydrogens (tertiary/aromatic N) is 8. The van der Waals surface area contributed by atoms with Gasteiger partial charge in [-0.1, -0.05) is 0 Å². The molecule has 1 atom stereocenters. The van der Waals surface area contributed by atoms with Gasteiger partial charge in [-0.15, -0.1) is 10.2 Å². The lowest BCUT2D eigenvalue weighted by atomic mass is 10.1. The molecule has 4 heterocycles. The minimum absolute atomic E-state index is 0.0619. The minimum Gasteiger partial charge on any atom is -0.344 e. The SMILES string of the molecule is Cc1nnc2n1-c1cnc(-n3ccnc3-c3ccc(F)cc3F)nc1N(CCC(F)(F)F)[C@@H]2CC(F)(F)F. The van der Waals surface area contributed by atoms with E-state index in [0.29, 0.717) is 6.07 Å². The highest BCUT2D eigenvalue weighted by molar-refractivity contribution is 5.64. The largest absolute Gasteiger partial charge is 0.391 e. The van der Waals surface area contributed by atoms with Crippen LogP contribution >= 0.6 is 0 Å². The molecule has 0 fully saturated rings. The van der Waals surface area contributed by atoms with Crippen LogP contribution < -0.4 is 4.90 Å². The van der Waals surface area contributed by atoms with Gasteiger partial charge in [0.25, 0.3) is 0 Å². The van der Waals surface area contributed by atoms with Crippen LogP contribution in [0.4, 0.5) is 40.9 Å². The molecule has 4 aromatic rings. The van der Waals surface area contributed by atoms with E-state index >= 15 is 0 Å². The van der Waals surface area contributed by atoms with Crippen molar-refractivity contribution in [1.29, 1.82) is 0 Å². The van der Waals surface area contributed by atoms with Crippen LogP contribution in [0.5, 0.6) is 0 Å². The number of alkyl halides is 6. The maximum absolute atomic E-state index is 14.5. The number of anilines is 1. The molecular weight excluding hydrogens is 528 g/mol. The number of rotatable bonds is 5. The third kappa shape index (κ3) is 4.77. The first-order valence-corrected chi connectivity index (χ1v) is 11.0. The number of halogens is 8. The van der Waals surface area contributed by atoms with E-state index in [1.54, 1.807) is 0 Å². The standard InChI is InChI=1S/C22H16F8N8/c1-11-34-35-19-15(9-22(28,29)30)36(6-4-21(25,26)27)18-16(38(11)19)10-32-20(33-18)37-7-5-31-17(37)13-3-2-12(23)8-14(13)24/h2-3,5,7-8,10,15H,4,6,9H2,1H3/t15-/m1/s1. The van der Waals surface area contributed by atoms with Gasteiger partial charge in [0.05, 0.1) is 30.6 Å². The third-order valence-electron chi connectivity index (χ3n) is 5.86. The summed E-state index contributed by atoms with van der Waals surface area (Å²) in [5, 5.41) is 7.62. The number of imidazole rings is 1. The number of aromatic nitrogens is 7. The number of fused-ring (bicyclic) bond motifs is 3. The van der Waals surface area contributed by atoms with Crippen molar-refractivity contribution in [1.82, 2.24) is 34.3 Å². The van der Waals surface area contributed by atoms with Crippen molar-refractivity contribution >= 4 is 5.82 Å². The highest BCUT2D eigenvalue weighted by Gasteiger charge is 2.44. The van der Waals surface area contributed by atoms with Crippen LogP contribution in [0.15, 0.2) is 36.8 Å². The van der Waals surface area contributed by atoms with Crippen LogP contribution in [-0.2, 0) is 0 Å². The zero-order valence-electron chi connectivity index (χ0n) is 19.3. The molecule has 0 amide bonds. The molecule has 3 aromatic heterocycles. The van der Waals surface area contributed by atoms with E-state index in [1.165, 1.54) is 34.6 Å². The summed E-state index contributed by atoms with van der Waals surface area (Å²) in [6.07, 6.45) is -8.58. The fraction of sp³-hybridized carbons (Fsp3) is 0.318. The second kappa shape index (κ2) is 9.02. The second-order valence-electron chi connectivity index (χ2n) is 8.46. The van der Waals surface area contributed by atoms with E-state index in [0.717, 1.165) is 17.0 Å². The Labute approximate surface area is 208 Å². The number of hydrogen-bond acceptors (Lipinski definition) is 6. The van der Waals surface area contributed by atoms with E-state index in [2.05, 4.69) is 25.1 Å². The highest BCUT2D eigenvalue weighted by atomic mass is 19.4. The van der Waals surface area contributed by atoms with Crippen molar-refractivity contribution < 1.29 is 35.1 Å². The van der Waals surface area contributed by atoms with Crippen molar-refractivity contribution in [3.63, 3.8) is 0 Å². The Morgan fingerprint density at radius 2 is 1.74 bits per heavy atom. The lowest BCUT2D eigenvalue weighted by molar-refractivity contribution is -0.141. The summed E-state index contributed by atoms with van der Waals surface area (Å²) in [4.78, 5) is 13.4. The van der Waals surface area contributed by atoms with Crippen molar-refractivity contribution in [3.05, 3.63) is 60.1 Å².